The summed E-state index contributed by atoms with van der Waals surface area (Å²) in [6, 6.07) is 12.5. The first-order valence-corrected chi connectivity index (χ1v) is 6.24. The fourth-order valence-electron chi connectivity index (χ4n) is 2.47. The molecule has 3 heteroatoms. The van der Waals surface area contributed by atoms with Gasteiger partial charge in [0.1, 0.15) is 0 Å². The lowest BCUT2D eigenvalue weighted by atomic mass is 9.78. The van der Waals surface area contributed by atoms with Crippen LogP contribution in [0.2, 0.25) is 0 Å². The molecule has 19 heavy (non-hydrogen) atoms. The standard InChI is InChI=1S/C16H13FO2/c17-15-7-3-5-12(9-18)16(15)19-10-13-8-11-4-1-2-6-14(11)13/h1-7,9,13H,8,10H2. The average Bonchev–Trinajstić information content (AvgIpc) is 2.41. The van der Waals surface area contributed by atoms with Gasteiger partial charge in [0, 0.05) is 5.92 Å². The lowest BCUT2D eigenvalue weighted by Crippen LogP contribution is -2.23. The Hall–Kier alpha value is -2.16. The molecule has 0 amide bonds. The molecule has 0 spiro atoms. The third kappa shape index (κ3) is 2.12. The van der Waals surface area contributed by atoms with E-state index >= 15 is 0 Å². The third-order valence-electron chi connectivity index (χ3n) is 3.51. The smallest absolute Gasteiger partial charge is 0.165 e. The summed E-state index contributed by atoms with van der Waals surface area (Å²) >= 11 is 0. The summed E-state index contributed by atoms with van der Waals surface area (Å²) in [7, 11) is 0. The summed E-state index contributed by atoms with van der Waals surface area (Å²) in [4.78, 5) is 10.9. The van der Waals surface area contributed by atoms with Gasteiger partial charge in [0.05, 0.1) is 12.2 Å². The summed E-state index contributed by atoms with van der Waals surface area (Å²) in [5.74, 6) is -0.144. The van der Waals surface area contributed by atoms with E-state index in [0.717, 1.165) is 6.42 Å². The number of aldehydes is 1. The van der Waals surface area contributed by atoms with Crippen molar-refractivity contribution in [2.24, 2.45) is 0 Å². The molecule has 0 radical (unpaired) electrons. The monoisotopic (exact) mass is 256 g/mol. The van der Waals surface area contributed by atoms with E-state index < -0.39 is 5.82 Å². The first-order chi connectivity index (χ1) is 9.29. The summed E-state index contributed by atoms with van der Waals surface area (Å²) in [6.45, 7) is 0.402. The Balaban J connectivity index is 1.73. The molecule has 0 bridgehead atoms. The van der Waals surface area contributed by atoms with Crippen LogP contribution in [0.5, 0.6) is 5.75 Å². The molecule has 1 aliphatic rings. The molecule has 0 heterocycles. The highest BCUT2D eigenvalue weighted by molar-refractivity contribution is 5.79. The second kappa shape index (κ2) is 4.84. The Bertz CT molecular complexity index is 622. The average molecular weight is 256 g/mol. The van der Waals surface area contributed by atoms with Crippen molar-refractivity contribution in [2.75, 3.05) is 6.61 Å². The molecule has 1 unspecified atom stereocenters. The maximum atomic E-state index is 13.6. The molecule has 0 N–H and O–H groups in total. The summed E-state index contributed by atoms with van der Waals surface area (Å²) in [5, 5.41) is 0. The van der Waals surface area contributed by atoms with E-state index in [4.69, 9.17) is 4.74 Å². The largest absolute Gasteiger partial charge is 0.489 e. The highest BCUT2D eigenvalue weighted by atomic mass is 19.1. The van der Waals surface area contributed by atoms with Crippen LogP contribution < -0.4 is 4.74 Å². The molecule has 2 aromatic rings. The van der Waals surface area contributed by atoms with E-state index in [1.54, 1.807) is 6.07 Å². The lowest BCUT2D eigenvalue weighted by molar-refractivity contribution is 0.111. The first kappa shape index (κ1) is 11.9. The fraction of sp³-hybridized carbons (Fsp3) is 0.188. The van der Waals surface area contributed by atoms with Gasteiger partial charge >= 0.3 is 0 Å². The second-order valence-corrected chi connectivity index (χ2v) is 4.69. The van der Waals surface area contributed by atoms with Crippen LogP contribution in [0.4, 0.5) is 4.39 Å². The predicted octanol–water partition coefficient (Wildman–Crippen LogP) is 3.36. The molecule has 2 aromatic carbocycles. The number of benzene rings is 2. The van der Waals surface area contributed by atoms with Gasteiger partial charge in [-0.1, -0.05) is 30.3 Å². The summed E-state index contributed by atoms with van der Waals surface area (Å²) < 4.78 is 19.1. The highest BCUT2D eigenvalue weighted by Crippen LogP contribution is 2.35. The van der Waals surface area contributed by atoms with Gasteiger partial charge in [0.2, 0.25) is 0 Å². The molecule has 0 aliphatic heterocycles. The van der Waals surface area contributed by atoms with E-state index in [9.17, 15) is 9.18 Å². The number of para-hydroxylation sites is 1. The molecule has 0 saturated carbocycles. The van der Waals surface area contributed by atoms with Crippen LogP contribution in [0.1, 0.15) is 27.4 Å². The number of halogens is 1. The minimum atomic E-state index is -0.489. The van der Waals surface area contributed by atoms with Gasteiger partial charge in [-0.15, -0.1) is 0 Å². The van der Waals surface area contributed by atoms with Crippen molar-refractivity contribution in [1.82, 2.24) is 0 Å². The van der Waals surface area contributed by atoms with Crippen molar-refractivity contribution in [1.29, 1.82) is 0 Å². The highest BCUT2D eigenvalue weighted by Gasteiger charge is 2.26. The van der Waals surface area contributed by atoms with E-state index in [1.165, 1.54) is 23.3 Å². The molecule has 3 rings (SSSR count). The lowest BCUT2D eigenvalue weighted by Gasteiger charge is -2.30. The van der Waals surface area contributed by atoms with Crippen molar-refractivity contribution in [2.45, 2.75) is 12.3 Å². The van der Waals surface area contributed by atoms with Crippen LogP contribution in [0.25, 0.3) is 0 Å². The quantitative estimate of drug-likeness (QED) is 0.784. The van der Waals surface area contributed by atoms with Gasteiger partial charge in [0.25, 0.3) is 0 Å². The maximum Gasteiger partial charge on any atom is 0.165 e. The van der Waals surface area contributed by atoms with Gasteiger partial charge in [0.15, 0.2) is 17.9 Å². The normalized spacial score (nSPS) is 16.4. The number of hydrogen-bond acceptors (Lipinski definition) is 2. The van der Waals surface area contributed by atoms with Gasteiger partial charge in [-0.2, -0.15) is 0 Å². The molecular formula is C16H13FO2. The first-order valence-electron chi connectivity index (χ1n) is 6.24. The van der Waals surface area contributed by atoms with Crippen molar-refractivity contribution >= 4 is 6.29 Å². The zero-order valence-electron chi connectivity index (χ0n) is 10.3. The number of carbonyl (C=O) groups is 1. The Morgan fingerprint density at radius 3 is 2.84 bits per heavy atom. The van der Waals surface area contributed by atoms with Crippen molar-refractivity contribution < 1.29 is 13.9 Å². The second-order valence-electron chi connectivity index (χ2n) is 4.69. The number of hydrogen-bond donors (Lipinski definition) is 0. The third-order valence-corrected chi connectivity index (χ3v) is 3.51. The predicted molar refractivity (Wildman–Crippen MR) is 70.2 cm³/mol. The molecule has 0 aromatic heterocycles. The molecule has 1 atom stereocenters. The Morgan fingerprint density at radius 1 is 1.21 bits per heavy atom. The van der Waals surface area contributed by atoms with Crippen LogP contribution >= 0.6 is 0 Å². The number of fused-ring (bicyclic) bond motifs is 1. The summed E-state index contributed by atoms with van der Waals surface area (Å²) in [6.07, 6.45) is 1.56. The number of ether oxygens (including phenoxy) is 1. The number of rotatable bonds is 4. The maximum absolute atomic E-state index is 13.6. The minimum Gasteiger partial charge on any atom is -0.489 e. The van der Waals surface area contributed by atoms with Crippen molar-refractivity contribution in [3.05, 3.63) is 65.0 Å². The number of carbonyl (C=O) groups excluding carboxylic acids is 1. The van der Waals surface area contributed by atoms with Gasteiger partial charge in [-0.3, -0.25) is 4.79 Å². The van der Waals surface area contributed by atoms with Crippen LogP contribution in [-0.4, -0.2) is 12.9 Å². The van der Waals surface area contributed by atoms with E-state index in [2.05, 4.69) is 12.1 Å². The van der Waals surface area contributed by atoms with Crippen LogP contribution in [0.15, 0.2) is 42.5 Å². The van der Waals surface area contributed by atoms with E-state index in [0.29, 0.717) is 12.9 Å². The van der Waals surface area contributed by atoms with Crippen LogP contribution in [0.3, 0.4) is 0 Å². The van der Waals surface area contributed by atoms with Gasteiger partial charge in [-0.25, -0.2) is 4.39 Å². The Kier molecular flexibility index (Phi) is 3.03. The minimum absolute atomic E-state index is 0.0573. The van der Waals surface area contributed by atoms with E-state index in [1.807, 2.05) is 12.1 Å². The zero-order chi connectivity index (χ0) is 13.2. The van der Waals surface area contributed by atoms with Crippen LogP contribution in [0, 0.1) is 5.82 Å². The molecule has 0 fully saturated rings. The van der Waals surface area contributed by atoms with Crippen LogP contribution in [-0.2, 0) is 6.42 Å². The topological polar surface area (TPSA) is 26.3 Å². The molecule has 96 valence electrons. The van der Waals surface area contributed by atoms with Gasteiger partial charge in [-0.05, 0) is 29.7 Å². The molecule has 0 saturated heterocycles. The Morgan fingerprint density at radius 2 is 2.05 bits per heavy atom. The molecule has 1 aliphatic carbocycles. The Labute approximate surface area is 110 Å². The van der Waals surface area contributed by atoms with Crippen molar-refractivity contribution in [3.8, 4) is 5.75 Å². The fourth-order valence-corrected chi connectivity index (χ4v) is 2.47. The molecule has 2 nitrogen and oxygen atoms in total. The molecular weight excluding hydrogens is 243 g/mol. The SMILES string of the molecule is O=Cc1cccc(F)c1OCC1Cc2ccccc21. The van der Waals surface area contributed by atoms with E-state index in [-0.39, 0.29) is 17.2 Å². The summed E-state index contributed by atoms with van der Waals surface area (Å²) in [5.41, 5.74) is 2.83. The van der Waals surface area contributed by atoms with Gasteiger partial charge < -0.3 is 4.74 Å². The zero-order valence-corrected chi connectivity index (χ0v) is 10.3. The van der Waals surface area contributed by atoms with Crippen molar-refractivity contribution in [3.63, 3.8) is 0 Å².